The zero-order chi connectivity index (χ0) is 33.7. The Bertz CT molecular complexity index is 750. The third-order valence-electron chi connectivity index (χ3n) is 9.95. The van der Waals surface area contributed by atoms with Crippen molar-refractivity contribution in [2.75, 3.05) is 19.8 Å². The van der Waals surface area contributed by atoms with Gasteiger partial charge in [-0.1, -0.05) is 213 Å². The molecule has 276 valence electrons. The van der Waals surface area contributed by atoms with Crippen molar-refractivity contribution >= 4 is 0 Å². The maximum absolute atomic E-state index is 6.26. The molecule has 3 nitrogen and oxygen atoms in total. The SMILES string of the molecule is CCCCCCCCCCCCCCCCCCOc1ccc(CCN)cc1OCCCCCCCCCCCCCCCCCC. The molecular formula is C44H83NO2. The van der Waals surface area contributed by atoms with Gasteiger partial charge in [0.05, 0.1) is 13.2 Å². The summed E-state index contributed by atoms with van der Waals surface area (Å²) in [7, 11) is 0. The Morgan fingerprint density at radius 1 is 0.383 bits per heavy atom. The van der Waals surface area contributed by atoms with Gasteiger partial charge in [-0.15, -0.1) is 0 Å². The van der Waals surface area contributed by atoms with Crippen LogP contribution in [0.1, 0.15) is 225 Å². The van der Waals surface area contributed by atoms with Gasteiger partial charge in [-0.05, 0) is 43.5 Å². The van der Waals surface area contributed by atoms with Gasteiger partial charge in [-0.2, -0.15) is 0 Å². The van der Waals surface area contributed by atoms with Crippen molar-refractivity contribution in [3.05, 3.63) is 23.8 Å². The standard InChI is InChI=1S/C44H83NO2/c1-3-5-7-9-11-13-15-17-19-21-23-25-27-29-31-33-39-46-43-36-35-42(37-38-45)41-44(43)47-40-34-32-30-28-26-24-22-20-18-16-14-12-10-8-6-4-2/h35-36,41H,3-34,37-40,45H2,1-2H3. The van der Waals surface area contributed by atoms with Crippen LogP contribution in [-0.2, 0) is 6.42 Å². The smallest absolute Gasteiger partial charge is 0.161 e. The minimum Gasteiger partial charge on any atom is -0.490 e. The van der Waals surface area contributed by atoms with E-state index in [0.29, 0.717) is 6.54 Å². The molecule has 0 spiro atoms. The Morgan fingerprint density at radius 2 is 0.681 bits per heavy atom. The Morgan fingerprint density at radius 3 is 1.00 bits per heavy atom. The second kappa shape index (κ2) is 36.1. The molecule has 0 aliphatic rings. The van der Waals surface area contributed by atoms with Crippen molar-refractivity contribution < 1.29 is 9.47 Å². The second-order valence-corrected chi connectivity index (χ2v) is 14.6. The summed E-state index contributed by atoms with van der Waals surface area (Å²) < 4.78 is 12.5. The highest BCUT2D eigenvalue weighted by atomic mass is 16.5. The van der Waals surface area contributed by atoms with Gasteiger partial charge in [0.1, 0.15) is 0 Å². The van der Waals surface area contributed by atoms with Gasteiger partial charge in [0, 0.05) is 0 Å². The fraction of sp³-hybridized carbons (Fsp3) is 0.864. The zero-order valence-electron chi connectivity index (χ0n) is 32.1. The van der Waals surface area contributed by atoms with E-state index in [-0.39, 0.29) is 0 Å². The van der Waals surface area contributed by atoms with E-state index in [4.69, 9.17) is 15.2 Å². The van der Waals surface area contributed by atoms with Crippen LogP contribution in [0.3, 0.4) is 0 Å². The minimum absolute atomic E-state index is 0.665. The Kier molecular flexibility index (Phi) is 33.6. The van der Waals surface area contributed by atoms with Crippen LogP contribution in [0.15, 0.2) is 18.2 Å². The average molecular weight is 658 g/mol. The lowest BCUT2D eigenvalue weighted by molar-refractivity contribution is 0.258. The van der Waals surface area contributed by atoms with Gasteiger partial charge in [-0.3, -0.25) is 0 Å². The number of benzene rings is 1. The van der Waals surface area contributed by atoms with Crippen LogP contribution in [-0.4, -0.2) is 19.8 Å². The number of hydrogen-bond donors (Lipinski definition) is 1. The normalized spacial score (nSPS) is 11.4. The van der Waals surface area contributed by atoms with Gasteiger partial charge in [0.15, 0.2) is 11.5 Å². The van der Waals surface area contributed by atoms with E-state index in [1.807, 2.05) is 0 Å². The van der Waals surface area contributed by atoms with Crippen LogP contribution in [0.5, 0.6) is 11.5 Å². The fourth-order valence-corrected chi connectivity index (χ4v) is 6.77. The molecular weight excluding hydrogens is 574 g/mol. The molecule has 0 atom stereocenters. The lowest BCUT2D eigenvalue weighted by atomic mass is 10.0. The largest absolute Gasteiger partial charge is 0.490 e. The summed E-state index contributed by atoms with van der Waals surface area (Å²) in [6.45, 7) is 6.82. The van der Waals surface area contributed by atoms with Crippen LogP contribution in [0, 0.1) is 0 Å². The highest BCUT2D eigenvalue weighted by molar-refractivity contribution is 5.43. The van der Waals surface area contributed by atoms with Gasteiger partial charge < -0.3 is 15.2 Å². The first kappa shape index (κ1) is 43.8. The van der Waals surface area contributed by atoms with Crippen molar-refractivity contribution in [1.29, 1.82) is 0 Å². The summed E-state index contributed by atoms with van der Waals surface area (Å²) >= 11 is 0. The minimum atomic E-state index is 0.665. The van der Waals surface area contributed by atoms with E-state index >= 15 is 0 Å². The summed E-state index contributed by atoms with van der Waals surface area (Å²) in [5.74, 6) is 1.82. The predicted octanol–water partition coefficient (Wildman–Crippen LogP) is 14.5. The second-order valence-electron chi connectivity index (χ2n) is 14.6. The maximum Gasteiger partial charge on any atom is 0.161 e. The molecule has 0 amide bonds. The van der Waals surface area contributed by atoms with Crippen LogP contribution < -0.4 is 15.2 Å². The molecule has 3 heteroatoms. The van der Waals surface area contributed by atoms with Gasteiger partial charge in [0.25, 0.3) is 0 Å². The summed E-state index contributed by atoms with van der Waals surface area (Å²) in [5, 5.41) is 0. The topological polar surface area (TPSA) is 44.5 Å². The quantitative estimate of drug-likeness (QED) is 0.0720. The number of ether oxygens (including phenoxy) is 2. The van der Waals surface area contributed by atoms with Crippen molar-refractivity contribution in [1.82, 2.24) is 0 Å². The van der Waals surface area contributed by atoms with E-state index in [9.17, 15) is 0 Å². The molecule has 0 saturated heterocycles. The Balaban J connectivity index is 2.03. The van der Waals surface area contributed by atoms with Crippen LogP contribution >= 0.6 is 0 Å². The van der Waals surface area contributed by atoms with E-state index in [1.165, 1.54) is 198 Å². The van der Waals surface area contributed by atoms with Gasteiger partial charge >= 0.3 is 0 Å². The molecule has 1 aromatic carbocycles. The number of rotatable bonds is 38. The zero-order valence-corrected chi connectivity index (χ0v) is 32.1. The average Bonchev–Trinajstić information content (AvgIpc) is 3.08. The molecule has 0 fully saturated rings. The lowest BCUT2D eigenvalue weighted by Crippen LogP contribution is -2.06. The predicted molar refractivity (Wildman–Crippen MR) is 209 cm³/mol. The Labute approximate surface area is 295 Å². The number of unbranched alkanes of at least 4 members (excludes halogenated alkanes) is 30. The van der Waals surface area contributed by atoms with Crippen molar-refractivity contribution in [2.45, 2.75) is 226 Å². The first-order valence-electron chi connectivity index (χ1n) is 21.4. The van der Waals surface area contributed by atoms with Crippen molar-refractivity contribution in [3.8, 4) is 11.5 Å². The summed E-state index contributed by atoms with van der Waals surface area (Å²) in [4.78, 5) is 0. The maximum atomic E-state index is 6.26. The molecule has 0 saturated carbocycles. The van der Waals surface area contributed by atoms with Crippen molar-refractivity contribution in [3.63, 3.8) is 0 Å². The van der Waals surface area contributed by atoms with E-state index < -0.39 is 0 Å². The van der Waals surface area contributed by atoms with E-state index in [2.05, 4.69) is 32.0 Å². The lowest BCUT2D eigenvalue weighted by Gasteiger charge is -2.14. The molecule has 0 radical (unpaired) electrons. The highest BCUT2D eigenvalue weighted by Crippen LogP contribution is 2.29. The molecule has 0 aromatic heterocycles. The van der Waals surface area contributed by atoms with Crippen LogP contribution in [0.4, 0.5) is 0 Å². The fourth-order valence-electron chi connectivity index (χ4n) is 6.77. The van der Waals surface area contributed by atoms with Crippen LogP contribution in [0.2, 0.25) is 0 Å². The molecule has 0 aliphatic heterocycles. The summed E-state index contributed by atoms with van der Waals surface area (Å²) in [6.07, 6.45) is 45.4. The molecule has 0 unspecified atom stereocenters. The van der Waals surface area contributed by atoms with Gasteiger partial charge in [-0.25, -0.2) is 0 Å². The molecule has 47 heavy (non-hydrogen) atoms. The Hall–Kier alpha value is -1.22. The third-order valence-corrected chi connectivity index (χ3v) is 9.95. The monoisotopic (exact) mass is 658 g/mol. The molecule has 0 aliphatic carbocycles. The molecule has 1 rings (SSSR count). The summed E-state index contributed by atoms with van der Waals surface area (Å²) in [6, 6.07) is 6.40. The first-order valence-corrected chi connectivity index (χ1v) is 21.4. The van der Waals surface area contributed by atoms with Crippen molar-refractivity contribution in [2.24, 2.45) is 5.73 Å². The molecule has 2 N–H and O–H groups in total. The molecule has 1 aromatic rings. The molecule has 0 heterocycles. The molecule has 0 bridgehead atoms. The van der Waals surface area contributed by atoms with E-state index in [0.717, 1.165) is 44.0 Å². The highest BCUT2D eigenvalue weighted by Gasteiger charge is 2.08. The first-order chi connectivity index (χ1) is 23.3. The van der Waals surface area contributed by atoms with Crippen LogP contribution in [0.25, 0.3) is 0 Å². The van der Waals surface area contributed by atoms with E-state index in [1.54, 1.807) is 0 Å². The summed E-state index contributed by atoms with van der Waals surface area (Å²) in [5.41, 5.74) is 7.07. The van der Waals surface area contributed by atoms with Gasteiger partial charge in [0.2, 0.25) is 0 Å². The number of nitrogens with two attached hydrogens (primary N) is 1. The number of hydrogen-bond acceptors (Lipinski definition) is 3. The third kappa shape index (κ3) is 29.4.